The molecule has 0 unspecified atom stereocenters. The molecule has 4 heteroatoms. The Balaban J connectivity index is 1.87. The van der Waals surface area contributed by atoms with E-state index in [0.717, 1.165) is 17.0 Å². The van der Waals surface area contributed by atoms with Gasteiger partial charge in [-0.15, -0.1) is 0 Å². The van der Waals surface area contributed by atoms with E-state index < -0.39 is 0 Å². The lowest BCUT2D eigenvalue weighted by atomic mass is 10.1. The van der Waals surface area contributed by atoms with Crippen molar-refractivity contribution < 1.29 is 9.53 Å². The lowest BCUT2D eigenvalue weighted by Crippen LogP contribution is -2.14. The van der Waals surface area contributed by atoms with Crippen molar-refractivity contribution >= 4 is 17.3 Å². The zero-order valence-electron chi connectivity index (χ0n) is 13.0. The second-order valence-electron chi connectivity index (χ2n) is 5.70. The van der Waals surface area contributed by atoms with Crippen molar-refractivity contribution in [1.82, 2.24) is 0 Å². The van der Waals surface area contributed by atoms with Gasteiger partial charge in [0, 0.05) is 11.4 Å². The molecule has 0 radical (unpaired) electrons. The molecule has 2 rings (SSSR count). The molecule has 0 fully saturated rings. The minimum absolute atomic E-state index is 0.0550. The Morgan fingerprint density at radius 1 is 1.09 bits per heavy atom. The van der Waals surface area contributed by atoms with Gasteiger partial charge in [-0.25, -0.2) is 0 Å². The molecule has 1 amide bonds. The minimum atomic E-state index is -0.0550. The normalized spacial score (nSPS) is 10.5. The van der Waals surface area contributed by atoms with Gasteiger partial charge >= 0.3 is 0 Å². The highest BCUT2D eigenvalue weighted by Crippen LogP contribution is 2.17. The maximum Gasteiger partial charge on any atom is 0.228 e. The molecule has 0 aliphatic heterocycles. The lowest BCUT2D eigenvalue weighted by molar-refractivity contribution is -0.115. The Morgan fingerprint density at radius 2 is 1.73 bits per heavy atom. The van der Waals surface area contributed by atoms with E-state index in [2.05, 4.69) is 19.2 Å². The fraction of sp³-hybridized carbons (Fsp3) is 0.278. The van der Waals surface area contributed by atoms with Crippen LogP contribution in [0.25, 0.3) is 0 Å². The predicted molar refractivity (Wildman–Crippen MR) is 90.0 cm³/mol. The molecule has 0 heterocycles. The average molecular weight is 298 g/mol. The van der Waals surface area contributed by atoms with Crippen LogP contribution in [-0.2, 0) is 11.2 Å². The molecule has 3 N–H and O–H groups in total. The number of amides is 1. The minimum Gasteiger partial charge on any atom is -0.493 e. The number of carbonyl (C=O) groups is 1. The van der Waals surface area contributed by atoms with Crippen LogP contribution in [0.4, 0.5) is 11.4 Å². The molecule has 2 aromatic carbocycles. The Kier molecular flexibility index (Phi) is 5.42. The molecule has 0 saturated heterocycles. The molecule has 0 atom stereocenters. The summed E-state index contributed by atoms with van der Waals surface area (Å²) in [4.78, 5) is 12.0. The first-order valence-electron chi connectivity index (χ1n) is 7.40. The number of anilines is 2. The van der Waals surface area contributed by atoms with Gasteiger partial charge in [0.2, 0.25) is 5.91 Å². The second kappa shape index (κ2) is 7.50. The summed E-state index contributed by atoms with van der Waals surface area (Å²) in [7, 11) is 0. The van der Waals surface area contributed by atoms with E-state index in [0.29, 0.717) is 24.6 Å². The molecule has 0 saturated carbocycles. The fourth-order valence-corrected chi connectivity index (χ4v) is 1.92. The van der Waals surface area contributed by atoms with Gasteiger partial charge in [-0.05, 0) is 47.9 Å². The van der Waals surface area contributed by atoms with E-state index in [1.54, 1.807) is 12.1 Å². The first-order chi connectivity index (χ1) is 10.5. The third kappa shape index (κ3) is 5.13. The van der Waals surface area contributed by atoms with E-state index in [9.17, 15) is 4.79 Å². The average Bonchev–Trinajstić information content (AvgIpc) is 2.49. The zero-order valence-corrected chi connectivity index (χ0v) is 13.0. The number of hydrogen-bond donors (Lipinski definition) is 2. The van der Waals surface area contributed by atoms with Crippen LogP contribution in [-0.4, -0.2) is 12.5 Å². The lowest BCUT2D eigenvalue weighted by Gasteiger charge is -2.10. The SMILES string of the molecule is CC(C)COc1ccc(NC(=O)Cc2ccc(N)cc2)cc1. The molecular formula is C18H22N2O2. The smallest absolute Gasteiger partial charge is 0.228 e. The Hall–Kier alpha value is -2.49. The monoisotopic (exact) mass is 298 g/mol. The highest BCUT2D eigenvalue weighted by molar-refractivity contribution is 5.92. The molecule has 0 bridgehead atoms. The van der Waals surface area contributed by atoms with Crippen molar-refractivity contribution in [3.05, 3.63) is 54.1 Å². The van der Waals surface area contributed by atoms with Crippen molar-refractivity contribution in [2.45, 2.75) is 20.3 Å². The van der Waals surface area contributed by atoms with E-state index in [1.165, 1.54) is 0 Å². The highest BCUT2D eigenvalue weighted by Gasteiger charge is 2.04. The van der Waals surface area contributed by atoms with Gasteiger partial charge < -0.3 is 15.8 Å². The summed E-state index contributed by atoms with van der Waals surface area (Å²) in [5, 5.41) is 2.87. The van der Waals surface area contributed by atoms with Crippen LogP contribution >= 0.6 is 0 Å². The molecule has 2 aromatic rings. The summed E-state index contributed by atoms with van der Waals surface area (Å²) in [6.45, 7) is 4.89. The van der Waals surface area contributed by atoms with Crippen molar-refractivity contribution in [2.75, 3.05) is 17.7 Å². The van der Waals surface area contributed by atoms with E-state index in [4.69, 9.17) is 10.5 Å². The molecule has 0 aliphatic rings. The van der Waals surface area contributed by atoms with Gasteiger partial charge in [-0.3, -0.25) is 4.79 Å². The van der Waals surface area contributed by atoms with Gasteiger partial charge in [0.15, 0.2) is 0 Å². The summed E-state index contributed by atoms with van der Waals surface area (Å²) < 4.78 is 5.61. The molecule has 0 aliphatic carbocycles. The van der Waals surface area contributed by atoms with Crippen LogP contribution in [0.3, 0.4) is 0 Å². The van der Waals surface area contributed by atoms with E-state index in [-0.39, 0.29) is 5.91 Å². The quantitative estimate of drug-likeness (QED) is 0.802. The van der Waals surface area contributed by atoms with Crippen LogP contribution in [0.15, 0.2) is 48.5 Å². The standard InChI is InChI=1S/C18H22N2O2/c1-13(2)12-22-17-9-7-16(8-10-17)20-18(21)11-14-3-5-15(19)6-4-14/h3-10,13H,11-12,19H2,1-2H3,(H,20,21). The number of nitrogens with one attached hydrogen (secondary N) is 1. The summed E-state index contributed by atoms with van der Waals surface area (Å²) >= 11 is 0. The Bertz CT molecular complexity index is 604. The van der Waals surface area contributed by atoms with Gasteiger partial charge in [0.25, 0.3) is 0 Å². The molecule has 116 valence electrons. The number of hydrogen-bond acceptors (Lipinski definition) is 3. The molecule has 0 spiro atoms. The highest BCUT2D eigenvalue weighted by atomic mass is 16.5. The third-order valence-corrected chi connectivity index (χ3v) is 3.07. The van der Waals surface area contributed by atoms with Gasteiger partial charge in [-0.1, -0.05) is 26.0 Å². The first kappa shape index (κ1) is 15.9. The summed E-state index contributed by atoms with van der Waals surface area (Å²) in [6.07, 6.45) is 0.325. The van der Waals surface area contributed by atoms with Crippen LogP contribution in [0, 0.1) is 5.92 Å². The third-order valence-electron chi connectivity index (χ3n) is 3.07. The molecule has 0 aromatic heterocycles. The van der Waals surface area contributed by atoms with Crippen molar-refractivity contribution in [1.29, 1.82) is 0 Å². The van der Waals surface area contributed by atoms with Gasteiger partial charge in [0.1, 0.15) is 5.75 Å². The number of rotatable bonds is 6. The fourth-order valence-electron chi connectivity index (χ4n) is 1.92. The van der Waals surface area contributed by atoms with Crippen molar-refractivity contribution in [3.63, 3.8) is 0 Å². The predicted octanol–water partition coefficient (Wildman–Crippen LogP) is 3.48. The maximum atomic E-state index is 12.0. The van der Waals surface area contributed by atoms with Crippen molar-refractivity contribution in [3.8, 4) is 5.75 Å². The number of nitrogens with two attached hydrogens (primary N) is 1. The Morgan fingerprint density at radius 3 is 2.32 bits per heavy atom. The summed E-state index contributed by atoms with van der Waals surface area (Å²) in [5.74, 6) is 1.24. The second-order valence-corrected chi connectivity index (χ2v) is 5.70. The number of nitrogen functional groups attached to an aromatic ring is 1. The van der Waals surface area contributed by atoms with Gasteiger partial charge in [-0.2, -0.15) is 0 Å². The van der Waals surface area contributed by atoms with E-state index in [1.807, 2.05) is 36.4 Å². The molecular weight excluding hydrogens is 276 g/mol. The molecule has 22 heavy (non-hydrogen) atoms. The number of carbonyl (C=O) groups excluding carboxylic acids is 1. The van der Waals surface area contributed by atoms with Gasteiger partial charge in [0.05, 0.1) is 13.0 Å². The zero-order chi connectivity index (χ0) is 15.9. The molecule has 4 nitrogen and oxygen atoms in total. The number of ether oxygens (including phenoxy) is 1. The van der Waals surface area contributed by atoms with Crippen LogP contribution in [0.1, 0.15) is 19.4 Å². The Labute approximate surface area is 131 Å². The van der Waals surface area contributed by atoms with Crippen molar-refractivity contribution in [2.24, 2.45) is 5.92 Å². The summed E-state index contributed by atoms with van der Waals surface area (Å²) in [5.41, 5.74) is 8.02. The van der Waals surface area contributed by atoms with Crippen LogP contribution < -0.4 is 15.8 Å². The largest absolute Gasteiger partial charge is 0.493 e. The maximum absolute atomic E-state index is 12.0. The summed E-state index contributed by atoms with van der Waals surface area (Å²) in [6, 6.07) is 14.7. The number of benzene rings is 2. The van der Waals surface area contributed by atoms with E-state index >= 15 is 0 Å². The first-order valence-corrected chi connectivity index (χ1v) is 7.40. The van der Waals surface area contributed by atoms with Crippen LogP contribution in [0.5, 0.6) is 5.75 Å². The van der Waals surface area contributed by atoms with Crippen LogP contribution in [0.2, 0.25) is 0 Å². The topological polar surface area (TPSA) is 64.3 Å².